The van der Waals surface area contributed by atoms with Gasteiger partial charge >= 0.3 is 0 Å². The number of benzene rings is 1. The smallest absolute Gasteiger partial charge is 0.0880 e. The zero-order valence-electron chi connectivity index (χ0n) is 11.7. The maximum atomic E-state index is 6.28. The van der Waals surface area contributed by atoms with Gasteiger partial charge in [-0.3, -0.25) is 0 Å². The molecule has 0 spiro atoms. The third-order valence-electron chi connectivity index (χ3n) is 3.38. The van der Waals surface area contributed by atoms with Crippen LogP contribution in [-0.2, 0) is 4.74 Å². The molecule has 2 rings (SSSR count). The number of hydrogen-bond acceptors (Lipinski definition) is 2. The molecule has 19 heavy (non-hydrogen) atoms. The summed E-state index contributed by atoms with van der Waals surface area (Å²) in [5.41, 5.74) is 1.17. The summed E-state index contributed by atoms with van der Waals surface area (Å²) in [6.45, 7) is 8.25. The Morgan fingerprint density at radius 2 is 2.05 bits per heavy atom. The third kappa shape index (κ3) is 4.09. The Balaban J connectivity index is 2.10. The van der Waals surface area contributed by atoms with Crippen LogP contribution in [-0.4, -0.2) is 18.7 Å². The zero-order valence-corrected chi connectivity index (χ0v) is 13.2. The van der Waals surface area contributed by atoms with Crippen LogP contribution in [0.5, 0.6) is 0 Å². The Kier molecular flexibility index (Phi) is 4.78. The molecule has 1 aliphatic heterocycles. The van der Waals surface area contributed by atoms with E-state index in [2.05, 4.69) is 26.1 Å². The highest BCUT2D eigenvalue weighted by Gasteiger charge is 2.31. The minimum Gasteiger partial charge on any atom is -0.373 e. The lowest BCUT2D eigenvalue weighted by molar-refractivity contribution is 0.0890. The van der Waals surface area contributed by atoms with Gasteiger partial charge in [0.2, 0.25) is 0 Å². The first-order valence-electron chi connectivity index (χ1n) is 6.68. The van der Waals surface area contributed by atoms with E-state index in [1.54, 1.807) is 6.07 Å². The van der Waals surface area contributed by atoms with E-state index in [4.69, 9.17) is 27.9 Å². The molecule has 1 aliphatic rings. The monoisotopic (exact) mass is 301 g/mol. The van der Waals surface area contributed by atoms with E-state index < -0.39 is 0 Å². The predicted molar refractivity (Wildman–Crippen MR) is 81.0 cm³/mol. The Bertz CT molecular complexity index is 442. The van der Waals surface area contributed by atoms with Crippen LogP contribution in [0, 0.1) is 5.92 Å². The van der Waals surface area contributed by atoms with E-state index in [-0.39, 0.29) is 11.6 Å². The van der Waals surface area contributed by atoms with Crippen molar-refractivity contribution in [2.75, 3.05) is 13.2 Å². The summed E-state index contributed by atoms with van der Waals surface area (Å²) in [6.07, 6.45) is 1.13. The van der Waals surface area contributed by atoms with E-state index in [1.807, 2.05) is 12.1 Å². The number of ether oxygens (including phenoxy) is 1. The molecule has 0 amide bonds. The molecule has 0 radical (unpaired) electrons. The molecular formula is C15H21Cl2NO. The van der Waals surface area contributed by atoms with Gasteiger partial charge in [-0.2, -0.15) is 0 Å². The highest BCUT2D eigenvalue weighted by atomic mass is 35.5. The zero-order chi connectivity index (χ0) is 14.0. The van der Waals surface area contributed by atoms with Gasteiger partial charge in [0.1, 0.15) is 0 Å². The summed E-state index contributed by atoms with van der Waals surface area (Å²) in [5, 5.41) is 4.90. The van der Waals surface area contributed by atoms with Crippen molar-refractivity contribution in [3.63, 3.8) is 0 Å². The van der Waals surface area contributed by atoms with Gasteiger partial charge in [-0.05, 0) is 44.9 Å². The molecule has 4 heteroatoms. The van der Waals surface area contributed by atoms with Crippen LogP contribution in [0.4, 0.5) is 0 Å². The summed E-state index contributed by atoms with van der Waals surface area (Å²) in [7, 11) is 0. The second kappa shape index (κ2) is 6.01. The van der Waals surface area contributed by atoms with Gasteiger partial charge in [-0.1, -0.05) is 29.3 Å². The lowest BCUT2D eigenvalue weighted by Gasteiger charge is -2.26. The average molecular weight is 302 g/mol. The highest BCUT2D eigenvalue weighted by molar-refractivity contribution is 6.35. The van der Waals surface area contributed by atoms with Gasteiger partial charge in [-0.15, -0.1) is 0 Å². The molecule has 1 fully saturated rings. The fourth-order valence-corrected chi connectivity index (χ4v) is 2.87. The van der Waals surface area contributed by atoms with Gasteiger partial charge < -0.3 is 10.1 Å². The fraction of sp³-hybridized carbons (Fsp3) is 0.600. The molecule has 0 bridgehead atoms. The molecule has 1 aromatic rings. The van der Waals surface area contributed by atoms with E-state index in [1.165, 1.54) is 0 Å². The maximum Gasteiger partial charge on any atom is 0.0880 e. The Morgan fingerprint density at radius 1 is 1.32 bits per heavy atom. The maximum absolute atomic E-state index is 6.28. The van der Waals surface area contributed by atoms with Gasteiger partial charge in [0, 0.05) is 34.7 Å². The quantitative estimate of drug-likeness (QED) is 0.890. The second-order valence-corrected chi connectivity index (χ2v) is 6.98. The number of halogens is 2. The molecule has 0 aromatic heterocycles. The molecule has 1 heterocycles. The summed E-state index contributed by atoms with van der Waals surface area (Å²) in [6, 6.07) is 5.64. The van der Waals surface area contributed by atoms with Crippen molar-refractivity contribution in [3.05, 3.63) is 33.8 Å². The largest absolute Gasteiger partial charge is 0.373 e. The molecule has 0 saturated carbocycles. The standard InChI is InChI=1S/C15H21Cl2NO/c1-15(2,3)18-9-10-6-7-19-14(10)12-5-4-11(16)8-13(12)17/h4-5,8,10,14,18H,6-7,9H2,1-3H3. The van der Waals surface area contributed by atoms with Crippen molar-refractivity contribution in [1.82, 2.24) is 5.32 Å². The van der Waals surface area contributed by atoms with Crippen LogP contribution < -0.4 is 5.32 Å². The number of rotatable bonds is 3. The SMILES string of the molecule is CC(C)(C)NCC1CCOC1c1ccc(Cl)cc1Cl. The highest BCUT2D eigenvalue weighted by Crippen LogP contribution is 2.38. The molecule has 106 valence electrons. The van der Waals surface area contributed by atoms with E-state index in [0.29, 0.717) is 16.0 Å². The van der Waals surface area contributed by atoms with Crippen LogP contribution in [0.2, 0.25) is 10.0 Å². The van der Waals surface area contributed by atoms with Crippen LogP contribution in [0.25, 0.3) is 0 Å². The van der Waals surface area contributed by atoms with Crippen molar-refractivity contribution < 1.29 is 4.74 Å². The topological polar surface area (TPSA) is 21.3 Å². The number of hydrogen-bond donors (Lipinski definition) is 1. The Morgan fingerprint density at radius 3 is 2.68 bits per heavy atom. The van der Waals surface area contributed by atoms with Gasteiger partial charge in [0.15, 0.2) is 0 Å². The number of nitrogens with one attached hydrogen (secondary N) is 1. The summed E-state index contributed by atoms with van der Waals surface area (Å²) < 4.78 is 5.87. The molecule has 2 unspecified atom stereocenters. The first-order valence-corrected chi connectivity index (χ1v) is 7.44. The van der Waals surface area contributed by atoms with E-state index >= 15 is 0 Å². The van der Waals surface area contributed by atoms with Crippen LogP contribution in [0.1, 0.15) is 38.9 Å². The minimum absolute atomic E-state index is 0.0691. The molecule has 0 aliphatic carbocycles. The minimum atomic E-state index is 0.0691. The second-order valence-electron chi connectivity index (χ2n) is 6.14. The van der Waals surface area contributed by atoms with Gasteiger partial charge in [-0.25, -0.2) is 0 Å². The third-order valence-corrected chi connectivity index (χ3v) is 3.94. The molecule has 2 atom stereocenters. The molecule has 1 N–H and O–H groups in total. The summed E-state index contributed by atoms with van der Waals surface area (Å²) >= 11 is 12.2. The van der Waals surface area contributed by atoms with Crippen molar-refractivity contribution in [3.8, 4) is 0 Å². The first kappa shape index (κ1) is 15.1. The Hall–Kier alpha value is -0.280. The lowest BCUT2D eigenvalue weighted by Crippen LogP contribution is -2.39. The van der Waals surface area contributed by atoms with E-state index in [0.717, 1.165) is 25.1 Å². The molecule has 1 saturated heterocycles. The summed E-state index contributed by atoms with van der Waals surface area (Å²) in [4.78, 5) is 0. The van der Waals surface area contributed by atoms with Gasteiger partial charge in [0.05, 0.1) is 6.10 Å². The van der Waals surface area contributed by atoms with Crippen LogP contribution in [0.15, 0.2) is 18.2 Å². The van der Waals surface area contributed by atoms with Crippen molar-refractivity contribution in [2.45, 2.75) is 38.8 Å². The van der Waals surface area contributed by atoms with Crippen LogP contribution in [0.3, 0.4) is 0 Å². The predicted octanol–water partition coefficient (Wildman–Crippen LogP) is 4.46. The summed E-state index contributed by atoms with van der Waals surface area (Å²) in [5.74, 6) is 0.456. The van der Waals surface area contributed by atoms with E-state index in [9.17, 15) is 0 Å². The normalized spacial score (nSPS) is 23.8. The lowest BCUT2D eigenvalue weighted by atomic mass is 9.94. The van der Waals surface area contributed by atoms with Crippen molar-refractivity contribution in [2.24, 2.45) is 5.92 Å². The average Bonchev–Trinajstić information content (AvgIpc) is 2.73. The Labute approximate surface area is 125 Å². The fourth-order valence-electron chi connectivity index (χ4n) is 2.36. The van der Waals surface area contributed by atoms with Crippen molar-refractivity contribution in [1.29, 1.82) is 0 Å². The first-order chi connectivity index (χ1) is 8.87. The molecule has 1 aromatic carbocycles. The van der Waals surface area contributed by atoms with Crippen molar-refractivity contribution >= 4 is 23.2 Å². The molecular weight excluding hydrogens is 281 g/mol. The molecule has 2 nitrogen and oxygen atoms in total. The van der Waals surface area contributed by atoms with Crippen LogP contribution >= 0.6 is 23.2 Å². The van der Waals surface area contributed by atoms with Gasteiger partial charge in [0.25, 0.3) is 0 Å².